The van der Waals surface area contributed by atoms with Gasteiger partial charge in [0.1, 0.15) is 0 Å². The summed E-state index contributed by atoms with van der Waals surface area (Å²) in [5.74, 6) is 0. The van der Waals surface area contributed by atoms with Gasteiger partial charge in [0.15, 0.2) is 5.11 Å². The third-order valence-electron chi connectivity index (χ3n) is 6.39. The first-order valence-corrected chi connectivity index (χ1v) is 11.3. The van der Waals surface area contributed by atoms with Crippen molar-refractivity contribution in [2.24, 2.45) is 0 Å². The number of aromatic nitrogens is 1. The maximum absolute atomic E-state index is 6.95. The zero-order valence-corrected chi connectivity index (χ0v) is 20.2. The van der Waals surface area contributed by atoms with Gasteiger partial charge in [-0.1, -0.05) is 23.7 Å². The van der Waals surface area contributed by atoms with Gasteiger partial charge in [-0.3, -0.25) is 4.98 Å². The van der Waals surface area contributed by atoms with Crippen LogP contribution in [0.25, 0.3) is 5.57 Å². The van der Waals surface area contributed by atoms with E-state index in [1.54, 1.807) is 7.11 Å². The van der Waals surface area contributed by atoms with Gasteiger partial charge in [0.25, 0.3) is 0 Å². The quantitative estimate of drug-likeness (QED) is 0.639. The van der Waals surface area contributed by atoms with E-state index in [-0.39, 0.29) is 17.6 Å². The standard InChI is InChI=1S/C24H29ClN4OS/c1-15-14-24(2,3)28(4)20-13-18(25)17(12-16(15)20)22-21(19-8-6-7-9-26-19)27-23(31)29(22)10-11-30-5/h6-9,12-14,21-22H,10-11H2,1-5H3,(H,27,31)/t21-,22-/m1/s1. The van der Waals surface area contributed by atoms with Gasteiger partial charge in [-0.15, -0.1) is 0 Å². The van der Waals surface area contributed by atoms with E-state index >= 15 is 0 Å². The highest BCUT2D eigenvalue weighted by Gasteiger charge is 2.41. The molecule has 2 aromatic rings. The van der Waals surface area contributed by atoms with Gasteiger partial charge in [-0.25, -0.2) is 0 Å². The van der Waals surface area contributed by atoms with E-state index in [9.17, 15) is 0 Å². The lowest BCUT2D eigenvalue weighted by Crippen LogP contribution is -2.42. The average Bonchev–Trinajstić information content (AvgIpc) is 3.06. The molecule has 0 unspecified atom stereocenters. The second kappa shape index (κ2) is 8.41. The molecule has 0 radical (unpaired) electrons. The second-order valence-corrected chi connectivity index (χ2v) is 9.54. The van der Waals surface area contributed by atoms with Gasteiger partial charge in [0, 0.05) is 43.2 Å². The molecule has 31 heavy (non-hydrogen) atoms. The molecule has 0 aliphatic carbocycles. The lowest BCUT2D eigenvalue weighted by molar-refractivity contribution is 0.164. The van der Waals surface area contributed by atoms with Crippen molar-refractivity contribution in [1.29, 1.82) is 0 Å². The molecule has 2 atom stereocenters. The Morgan fingerprint density at radius 1 is 1.29 bits per heavy atom. The van der Waals surface area contributed by atoms with Crippen molar-refractivity contribution in [1.82, 2.24) is 15.2 Å². The molecule has 5 nitrogen and oxygen atoms in total. The first kappa shape index (κ1) is 22.1. The summed E-state index contributed by atoms with van der Waals surface area (Å²) < 4.78 is 5.36. The molecule has 1 N–H and O–H groups in total. The van der Waals surface area contributed by atoms with Crippen LogP contribution in [0.1, 0.15) is 49.7 Å². The monoisotopic (exact) mass is 456 g/mol. The number of pyridine rings is 1. The summed E-state index contributed by atoms with van der Waals surface area (Å²) in [5.41, 5.74) is 5.51. The summed E-state index contributed by atoms with van der Waals surface area (Å²) in [6.45, 7) is 7.84. The van der Waals surface area contributed by atoms with Crippen LogP contribution in [-0.2, 0) is 4.74 Å². The van der Waals surface area contributed by atoms with Crippen molar-refractivity contribution in [2.45, 2.75) is 38.4 Å². The number of methoxy groups -OCH3 is 1. The van der Waals surface area contributed by atoms with Crippen molar-refractivity contribution in [3.63, 3.8) is 0 Å². The number of anilines is 1. The van der Waals surface area contributed by atoms with Gasteiger partial charge in [-0.05, 0) is 68.4 Å². The van der Waals surface area contributed by atoms with E-state index in [1.807, 2.05) is 24.4 Å². The fourth-order valence-electron chi connectivity index (χ4n) is 4.59. The average molecular weight is 457 g/mol. The zero-order chi connectivity index (χ0) is 22.3. The number of ether oxygens (including phenoxy) is 1. The molecule has 0 saturated carbocycles. The van der Waals surface area contributed by atoms with Gasteiger partial charge in [-0.2, -0.15) is 0 Å². The first-order chi connectivity index (χ1) is 14.7. The minimum absolute atomic E-state index is 0.0700. The molecule has 1 fully saturated rings. The first-order valence-electron chi connectivity index (χ1n) is 10.5. The largest absolute Gasteiger partial charge is 0.383 e. The number of halogens is 1. The van der Waals surface area contributed by atoms with Crippen LogP contribution in [0.4, 0.5) is 5.69 Å². The SMILES string of the molecule is COCCN1C(=S)N[C@H](c2ccccn2)[C@H]1c1cc2c(cc1Cl)N(C)C(C)(C)C=C2C. The number of hydrogen-bond acceptors (Lipinski definition) is 4. The van der Waals surface area contributed by atoms with E-state index in [1.165, 1.54) is 11.1 Å². The Balaban J connectivity index is 1.84. The third-order valence-corrected chi connectivity index (χ3v) is 7.07. The number of hydrogen-bond donors (Lipinski definition) is 1. The van der Waals surface area contributed by atoms with E-state index < -0.39 is 0 Å². The Hall–Kier alpha value is -2.15. The predicted octanol–water partition coefficient (Wildman–Crippen LogP) is 4.99. The van der Waals surface area contributed by atoms with Gasteiger partial charge in [0.2, 0.25) is 0 Å². The van der Waals surface area contributed by atoms with Crippen molar-refractivity contribution in [2.75, 3.05) is 32.2 Å². The Morgan fingerprint density at radius 3 is 2.74 bits per heavy atom. The summed E-state index contributed by atoms with van der Waals surface area (Å²) in [5, 5.41) is 4.90. The highest BCUT2D eigenvalue weighted by Crippen LogP contribution is 2.46. The molecular formula is C24H29ClN4OS. The van der Waals surface area contributed by atoms with E-state index in [2.05, 4.69) is 66.1 Å². The van der Waals surface area contributed by atoms with Crippen molar-refractivity contribution >= 4 is 40.2 Å². The van der Waals surface area contributed by atoms with Gasteiger partial charge in [0.05, 0.1) is 29.9 Å². The summed E-state index contributed by atoms with van der Waals surface area (Å²) in [6.07, 6.45) is 4.12. The summed E-state index contributed by atoms with van der Waals surface area (Å²) in [7, 11) is 3.82. The van der Waals surface area contributed by atoms with Crippen molar-refractivity contribution < 1.29 is 4.74 Å². The van der Waals surface area contributed by atoms with Crippen LogP contribution < -0.4 is 10.2 Å². The molecule has 0 spiro atoms. The summed E-state index contributed by atoms with van der Waals surface area (Å²) in [6, 6.07) is 10.1. The maximum Gasteiger partial charge on any atom is 0.170 e. The van der Waals surface area contributed by atoms with Gasteiger partial charge >= 0.3 is 0 Å². The summed E-state index contributed by atoms with van der Waals surface area (Å²) >= 11 is 12.7. The molecule has 0 bridgehead atoms. The van der Waals surface area contributed by atoms with E-state index in [4.69, 9.17) is 28.6 Å². The number of rotatable bonds is 5. The van der Waals surface area contributed by atoms with Gasteiger partial charge < -0.3 is 19.9 Å². The lowest BCUT2D eigenvalue weighted by atomic mass is 9.86. The number of benzene rings is 1. The topological polar surface area (TPSA) is 40.6 Å². The minimum Gasteiger partial charge on any atom is -0.383 e. The Kier molecular flexibility index (Phi) is 5.99. The van der Waals surface area contributed by atoms with Crippen molar-refractivity contribution in [3.05, 3.63) is 64.4 Å². The number of likely N-dealkylation sites (N-methyl/N-ethyl adjacent to an activating group) is 1. The van der Waals surface area contributed by atoms with Crippen LogP contribution >= 0.6 is 23.8 Å². The Bertz CT molecular complexity index is 1020. The van der Waals surface area contributed by atoms with E-state index in [0.29, 0.717) is 18.3 Å². The minimum atomic E-state index is -0.0943. The van der Waals surface area contributed by atoms with Crippen molar-refractivity contribution in [3.8, 4) is 0 Å². The fourth-order valence-corrected chi connectivity index (χ4v) is 5.19. The van der Waals surface area contributed by atoms with Crippen LogP contribution in [0.5, 0.6) is 0 Å². The number of nitrogens with one attached hydrogen (secondary N) is 1. The highest BCUT2D eigenvalue weighted by atomic mass is 35.5. The summed E-state index contributed by atoms with van der Waals surface area (Å²) in [4.78, 5) is 9.05. The molecule has 7 heteroatoms. The molecule has 2 aliphatic heterocycles. The maximum atomic E-state index is 6.95. The highest BCUT2D eigenvalue weighted by molar-refractivity contribution is 7.80. The van der Waals surface area contributed by atoms with E-state index in [0.717, 1.165) is 22.0 Å². The molecule has 164 valence electrons. The molecule has 3 heterocycles. The molecule has 1 saturated heterocycles. The van der Waals surface area contributed by atoms with Crippen LogP contribution in [-0.4, -0.2) is 47.8 Å². The number of fused-ring (bicyclic) bond motifs is 1. The van der Waals surface area contributed by atoms with Crippen LogP contribution in [0.3, 0.4) is 0 Å². The van der Waals surface area contributed by atoms with Crippen LogP contribution in [0.15, 0.2) is 42.6 Å². The molecular weight excluding hydrogens is 428 g/mol. The third kappa shape index (κ3) is 3.93. The zero-order valence-electron chi connectivity index (χ0n) is 18.6. The normalized spacial score (nSPS) is 22.3. The number of allylic oxidation sites excluding steroid dienone is 1. The number of thiocarbonyl (C=S) groups is 1. The molecule has 1 aromatic heterocycles. The smallest absolute Gasteiger partial charge is 0.170 e. The molecule has 1 aromatic carbocycles. The predicted molar refractivity (Wildman–Crippen MR) is 132 cm³/mol. The fraction of sp³-hybridized carbons (Fsp3) is 0.417. The van der Waals surface area contributed by atoms with Crippen LogP contribution in [0.2, 0.25) is 5.02 Å². The number of nitrogens with zero attached hydrogens (tertiary/aromatic N) is 3. The van der Waals surface area contributed by atoms with Crippen LogP contribution in [0, 0.1) is 0 Å². The second-order valence-electron chi connectivity index (χ2n) is 8.74. The molecule has 4 rings (SSSR count). The Morgan fingerprint density at radius 2 is 2.06 bits per heavy atom. The Labute approximate surface area is 195 Å². The lowest BCUT2D eigenvalue weighted by Gasteiger charge is -2.41. The molecule has 2 aliphatic rings. The molecule has 0 amide bonds.